The van der Waals surface area contributed by atoms with Gasteiger partial charge in [-0.25, -0.2) is 0 Å². The standard InChI is InChI=1S/C19H22ClN3O4.HI/c1-24-15-4-3-13(11-16(15)25-2)23-19(21)22-6-5-12-9-14(20)18-17(10-12)26-7-8-27-18;/h3-4,9-11H,5-8H2,1-2H3,(H3,21,22,23);1H. The van der Waals surface area contributed by atoms with E-state index in [1.54, 1.807) is 26.4 Å². The van der Waals surface area contributed by atoms with E-state index in [1.165, 1.54) is 0 Å². The number of nitrogens with one attached hydrogen (secondary N) is 1. The molecule has 3 rings (SSSR count). The monoisotopic (exact) mass is 519 g/mol. The number of hydrogen-bond donors (Lipinski definition) is 2. The smallest absolute Gasteiger partial charge is 0.193 e. The van der Waals surface area contributed by atoms with Crippen LogP contribution in [0.5, 0.6) is 23.0 Å². The minimum absolute atomic E-state index is 0. The van der Waals surface area contributed by atoms with Gasteiger partial charge in [0.05, 0.1) is 19.2 Å². The Labute approximate surface area is 186 Å². The Morgan fingerprint density at radius 1 is 1.14 bits per heavy atom. The highest BCUT2D eigenvalue weighted by Gasteiger charge is 2.16. The number of anilines is 1. The molecule has 0 saturated heterocycles. The lowest BCUT2D eigenvalue weighted by molar-refractivity contribution is 0.171. The summed E-state index contributed by atoms with van der Waals surface area (Å²) in [5.74, 6) is 2.84. The van der Waals surface area contributed by atoms with Crippen molar-refractivity contribution in [1.29, 1.82) is 0 Å². The zero-order chi connectivity index (χ0) is 19.2. The summed E-state index contributed by atoms with van der Waals surface area (Å²) in [6.07, 6.45) is 0.671. The molecule has 0 radical (unpaired) electrons. The van der Waals surface area contributed by atoms with Gasteiger partial charge in [0.25, 0.3) is 0 Å². The first-order valence-corrected chi connectivity index (χ1v) is 8.85. The molecule has 0 spiro atoms. The van der Waals surface area contributed by atoms with Gasteiger partial charge >= 0.3 is 0 Å². The predicted molar refractivity (Wildman–Crippen MR) is 121 cm³/mol. The van der Waals surface area contributed by atoms with Crippen molar-refractivity contribution in [1.82, 2.24) is 0 Å². The number of nitrogens with two attached hydrogens (primary N) is 1. The van der Waals surface area contributed by atoms with Gasteiger partial charge in [0.15, 0.2) is 29.0 Å². The fourth-order valence-electron chi connectivity index (χ4n) is 2.72. The minimum Gasteiger partial charge on any atom is -0.493 e. The van der Waals surface area contributed by atoms with Gasteiger partial charge in [-0.3, -0.25) is 4.99 Å². The van der Waals surface area contributed by atoms with Crippen LogP contribution < -0.4 is 30.0 Å². The van der Waals surface area contributed by atoms with Crippen LogP contribution in [0, 0.1) is 0 Å². The number of halogens is 2. The number of fused-ring (bicyclic) bond motifs is 1. The van der Waals surface area contributed by atoms with Crippen molar-refractivity contribution in [2.45, 2.75) is 6.42 Å². The topological polar surface area (TPSA) is 87.3 Å². The van der Waals surface area contributed by atoms with E-state index in [1.807, 2.05) is 18.2 Å². The zero-order valence-electron chi connectivity index (χ0n) is 15.7. The van der Waals surface area contributed by atoms with Gasteiger partial charge in [-0.2, -0.15) is 0 Å². The first-order chi connectivity index (χ1) is 13.1. The van der Waals surface area contributed by atoms with Gasteiger partial charge in [0.1, 0.15) is 13.2 Å². The van der Waals surface area contributed by atoms with Crippen LogP contribution in [-0.4, -0.2) is 39.9 Å². The number of rotatable bonds is 6. The predicted octanol–water partition coefficient (Wildman–Crippen LogP) is 3.72. The van der Waals surface area contributed by atoms with Crippen LogP contribution in [0.1, 0.15) is 5.56 Å². The number of guanidine groups is 1. The lowest BCUT2D eigenvalue weighted by Crippen LogP contribution is -2.23. The summed E-state index contributed by atoms with van der Waals surface area (Å²) < 4.78 is 21.6. The Balaban J connectivity index is 0.00000280. The molecule has 0 aromatic heterocycles. The fourth-order valence-corrected chi connectivity index (χ4v) is 3.00. The van der Waals surface area contributed by atoms with E-state index in [-0.39, 0.29) is 24.0 Å². The Kier molecular flexibility index (Phi) is 8.31. The molecule has 2 aromatic rings. The second-order valence-corrected chi connectivity index (χ2v) is 6.22. The van der Waals surface area contributed by atoms with Gasteiger partial charge in [0.2, 0.25) is 0 Å². The molecular weight excluding hydrogens is 497 g/mol. The van der Waals surface area contributed by atoms with Crippen LogP contribution in [0.3, 0.4) is 0 Å². The minimum atomic E-state index is 0. The average molecular weight is 520 g/mol. The Bertz CT molecular complexity index is 848. The molecule has 1 aliphatic heterocycles. The molecule has 0 unspecified atom stereocenters. The quantitative estimate of drug-likeness (QED) is 0.344. The number of ether oxygens (including phenoxy) is 4. The van der Waals surface area contributed by atoms with Gasteiger partial charge in [-0.15, -0.1) is 24.0 Å². The van der Waals surface area contributed by atoms with Gasteiger partial charge in [-0.1, -0.05) is 11.6 Å². The molecule has 9 heteroatoms. The van der Waals surface area contributed by atoms with E-state index in [0.29, 0.717) is 60.2 Å². The van der Waals surface area contributed by atoms with Crippen molar-refractivity contribution >= 4 is 47.2 Å². The molecule has 0 aliphatic carbocycles. The third-order valence-corrected chi connectivity index (χ3v) is 4.28. The third-order valence-electron chi connectivity index (χ3n) is 4.00. The molecule has 0 atom stereocenters. The van der Waals surface area contributed by atoms with E-state index in [9.17, 15) is 0 Å². The lowest BCUT2D eigenvalue weighted by Gasteiger charge is -2.20. The highest BCUT2D eigenvalue weighted by molar-refractivity contribution is 14.0. The summed E-state index contributed by atoms with van der Waals surface area (Å²) in [7, 11) is 3.17. The lowest BCUT2D eigenvalue weighted by atomic mass is 10.1. The molecule has 1 heterocycles. The van der Waals surface area contributed by atoms with E-state index in [2.05, 4.69) is 10.3 Å². The van der Waals surface area contributed by atoms with Gasteiger partial charge in [0, 0.05) is 18.3 Å². The number of nitrogens with zero attached hydrogens (tertiary/aromatic N) is 1. The van der Waals surface area contributed by atoms with Crippen LogP contribution in [0.25, 0.3) is 0 Å². The molecule has 0 fully saturated rings. The molecule has 28 heavy (non-hydrogen) atoms. The summed E-state index contributed by atoms with van der Waals surface area (Å²) in [4.78, 5) is 4.35. The molecule has 2 aromatic carbocycles. The Morgan fingerprint density at radius 3 is 2.64 bits per heavy atom. The fraction of sp³-hybridized carbons (Fsp3) is 0.316. The number of methoxy groups -OCH3 is 2. The zero-order valence-corrected chi connectivity index (χ0v) is 18.7. The average Bonchev–Trinajstić information content (AvgIpc) is 2.68. The van der Waals surface area contributed by atoms with E-state index in [4.69, 9.17) is 36.3 Å². The third kappa shape index (κ3) is 5.48. The SMILES string of the molecule is COc1ccc(NC(N)=NCCc2cc(Cl)c3c(c2)OCCO3)cc1OC.I. The van der Waals surface area contributed by atoms with Crippen LogP contribution in [0.15, 0.2) is 35.3 Å². The first kappa shape index (κ1) is 22.2. The van der Waals surface area contributed by atoms with Crippen LogP contribution in [0.2, 0.25) is 5.02 Å². The van der Waals surface area contributed by atoms with Crippen molar-refractivity contribution in [2.24, 2.45) is 10.7 Å². The van der Waals surface area contributed by atoms with Crippen molar-refractivity contribution in [2.75, 3.05) is 39.3 Å². The maximum Gasteiger partial charge on any atom is 0.193 e. The van der Waals surface area contributed by atoms with Crippen molar-refractivity contribution < 1.29 is 18.9 Å². The second kappa shape index (κ2) is 10.5. The molecule has 1 aliphatic rings. The van der Waals surface area contributed by atoms with Crippen LogP contribution >= 0.6 is 35.6 Å². The maximum atomic E-state index is 6.25. The van der Waals surface area contributed by atoms with Gasteiger partial charge < -0.3 is 30.0 Å². The molecule has 7 nitrogen and oxygen atoms in total. The van der Waals surface area contributed by atoms with E-state index in [0.717, 1.165) is 11.3 Å². The largest absolute Gasteiger partial charge is 0.493 e. The number of aliphatic imine (C=N–C) groups is 1. The molecule has 0 amide bonds. The summed E-state index contributed by atoms with van der Waals surface area (Å²) >= 11 is 6.25. The highest BCUT2D eigenvalue weighted by Crippen LogP contribution is 2.38. The first-order valence-electron chi connectivity index (χ1n) is 8.47. The number of benzene rings is 2. The summed E-state index contributed by atoms with van der Waals surface area (Å²) in [6.45, 7) is 1.53. The molecule has 3 N–H and O–H groups in total. The number of hydrogen-bond acceptors (Lipinski definition) is 5. The van der Waals surface area contributed by atoms with E-state index >= 15 is 0 Å². The summed E-state index contributed by atoms with van der Waals surface area (Å²) in [6, 6.07) is 9.22. The van der Waals surface area contributed by atoms with Gasteiger partial charge in [-0.05, 0) is 36.2 Å². The molecule has 0 saturated carbocycles. The maximum absolute atomic E-state index is 6.25. The molecular formula is C19H23ClIN3O4. The van der Waals surface area contributed by atoms with Crippen molar-refractivity contribution in [3.8, 4) is 23.0 Å². The van der Waals surface area contributed by atoms with E-state index < -0.39 is 0 Å². The van der Waals surface area contributed by atoms with Crippen molar-refractivity contribution in [3.05, 3.63) is 40.9 Å². The Hall–Kier alpha value is -2.07. The molecule has 0 bridgehead atoms. The Morgan fingerprint density at radius 2 is 1.89 bits per heavy atom. The van der Waals surface area contributed by atoms with Crippen molar-refractivity contribution in [3.63, 3.8) is 0 Å². The molecule has 152 valence electrons. The normalized spacial score (nSPS) is 12.8. The second-order valence-electron chi connectivity index (χ2n) is 5.81. The van der Waals surface area contributed by atoms with Crippen LogP contribution in [0.4, 0.5) is 5.69 Å². The summed E-state index contributed by atoms with van der Waals surface area (Å²) in [5, 5.41) is 3.58. The summed E-state index contributed by atoms with van der Waals surface area (Å²) in [5.41, 5.74) is 7.74. The van der Waals surface area contributed by atoms with Crippen LogP contribution in [-0.2, 0) is 6.42 Å². The highest BCUT2D eigenvalue weighted by atomic mass is 127.